The Morgan fingerprint density at radius 1 is 1.11 bits per heavy atom. The van der Waals surface area contributed by atoms with Gasteiger partial charge in [-0.3, -0.25) is 4.79 Å². The van der Waals surface area contributed by atoms with Gasteiger partial charge >= 0.3 is 5.97 Å². The minimum absolute atomic E-state index is 0.0553. The Kier molecular flexibility index (Phi) is 5.91. The van der Waals surface area contributed by atoms with Crippen molar-refractivity contribution in [2.24, 2.45) is 5.14 Å². The highest BCUT2D eigenvalue weighted by Crippen LogP contribution is 2.36. The first-order valence-electron chi connectivity index (χ1n) is 8.73. The molecule has 0 saturated carbocycles. The summed E-state index contributed by atoms with van der Waals surface area (Å²) in [7, 11) is -3.97. The van der Waals surface area contributed by atoms with Crippen molar-refractivity contribution < 1.29 is 22.4 Å². The van der Waals surface area contributed by atoms with Gasteiger partial charge in [-0.25, -0.2) is 18.5 Å². The minimum atomic E-state index is -3.97. The number of aryl methyl sites for hydroxylation is 1. The molecule has 3 rings (SSSR count). The van der Waals surface area contributed by atoms with Crippen LogP contribution in [0.5, 0.6) is 0 Å². The molecule has 3 aromatic rings. The molecule has 0 bridgehead atoms. The molecule has 0 aliphatic rings. The number of primary sulfonamides is 1. The molecule has 0 radical (unpaired) electrons. The molecule has 0 spiro atoms. The van der Waals surface area contributed by atoms with Gasteiger partial charge < -0.3 is 9.15 Å². The summed E-state index contributed by atoms with van der Waals surface area (Å²) in [5.41, 5.74) is 1.56. The molecule has 0 saturated heterocycles. The first-order chi connectivity index (χ1) is 13.4. The molecule has 1 heterocycles. The molecule has 0 amide bonds. The van der Waals surface area contributed by atoms with Gasteiger partial charge in [0.1, 0.15) is 5.69 Å². The molecule has 146 valence electrons. The molecule has 0 fully saturated rings. The van der Waals surface area contributed by atoms with Gasteiger partial charge in [-0.2, -0.15) is 0 Å². The van der Waals surface area contributed by atoms with Crippen LogP contribution in [0, 0.1) is 0 Å². The molecule has 0 aliphatic carbocycles. The number of hydrogen-bond donors (Lipinski definition) is 1. The van der Waals surface area contributed by atoms with E-state index in [4.69, 9.17) is 14.3 Å². The Morgan fingerprint density at radius 2 is 1.79 bits per heavy atom. The number of aromatic nitrogens is 1. The Bertz CT molecular complexity index is 1070. The summed E-state index contributed by atoms with van der Waals surface area (Å²) in [5, 5.41) is 5.37. The quantitative estimate of drug-likeness (QED) is 0.610. The predicted octanol–water partition coefficient (Wildman–Crippen LogP) is 3.15. The fourth-order valence-electron chi connectivity index (χ4n) is 2.79. The van der Waals surface area contributed by atoms with Gasteiger partial charge in [0, 0.05) is 17.5 Å². The van der Waals surface area contributed by atoms with Crippen molar-refractivity contribution in [1.82, 2.24) is 4.98 Å². The lowest BCUT2D eigenvalue weighted by Gasteiger charge is -2.06. The van der Waals surface area contributed by atoms with E-state index < -0.39 is 10.0 Å². The van der Waals surface area contributed by atoms with Crippen molar-refractivity contribution in [3.63, 3.8) is 0 Å². The largest absolute Gasteiger partial charge is 0.466 e. The van der Waals surface area contributed by atoms with Crippen LogP contribution in [-0.4, -0.2) is 26.0 Å². The lowest BCUT2D eigenvalue weighted by Crippen LogP contribution is -2.13. The highest BCUT2D eigenvalue weighted by atomic mass is 32.2. The summed E-state index contributed by atoms with van der Waals surface area (Å²) in [5.74, 6) is 0.245. The maximum atomic E-state index is 12.0. The normalized spacial score (nSPS) is 11.4. The third kappa shape index (κ3) is 4.47. The average Bonchev–Trinajstić information content (AvgIpc) is 3.11. The summed E-state index contributed by atoms with van der Waals surface area (Å²) < 4.78 is 34.9. The molecule has 2 N–H and O–H groups in total. The van der Waals surface area contributed by atoms with Crippen molar-refractivity contribution in [3.05, 3.63) is 60.5 Å². The van der Waals surface area contributed by atoms with Crippen molar-refractivity contribution in [3.8, 4) is 22.6 Å². The van der Waals surface area contributed by atoms with Crippen LogP contribution in [0.3, 0.4) is 0 Å². The summed E-state index contributed by atoms with van der Waals surface area (Å²) in [6, 6.07) is 15.6. The molecule has 0 aliphatic heterocycles. The van der Waals surface area contributed by atoms with Crippen molar-refractivity contribution in [1.29, 1.82) is 0 Å². The molecule has 1 aromatic heterocycles. The Hall–Kier alpha value is -2.97. The van der Waals surface area contributed by atoms with E-state index >= 15 is 0 Å². The zero-order chi connectivity index (χ0) is 20.1. The third-order valence-electron chi connectivity index (χ3n) is 4.01. The van der Waals surface area contributed by atoms with E-state index in [0.29, 0.717) is 23.8 Å². The second-order valence-electron chi connectivity index (χ2n) is 6.00. The van der Waals surface area contributed by atoms with Crippen LogP contribution in [0.15, 0.2) is 63.9 Å². The Balaban J connectivity index is 2.09. The van der Waals surface area contributed by atoms with E-state index in [-0.39, 0.29) is 29.5 Å². The third-order valence-corrected chi connectivity index (χ3v) is 4.97. The van der Waals surface area contributed by atoms with E-state index in [1.165, 1.54) is 6.07 Å². The van der Waals surface area contributed by atoms with Gasteiger partial charge in [0.2, 0.25) is 10.0 Å². The number of carbonyl (C=O) groups is 1. The summed E-state index contributed by atoms with van der Waals surface area (Å²) in [6.07, 6.45) is 0.342. The number of nitrogens with two attached hydrogens (primary N) is 1. The molecule has 0 unspecified atom stereocenters. The van der Waals surface area contributed by atoms with E-state index in [1.54, 1.807) is 25.1 Å². The number of oxazole rings is 1. The van der Waals surface area contributed by atoms with Crippen molar-refractivity contribution in [2.45, 2.75) is 24.7 Å². The highest BCUT2D eigenvalue weighted by Gasteiger charge is 2.23. The van der Waals surface area contributed by atoms with Gasteiger partial charge in [0.25, 0.3) is 0 Å². The SMILES string of the molecule is CCOC(=O)CCc1nc(-c2ccccc2)c(-c2ccccc2S(N)(=O)=O)o1. The van der Waals surface area contributed by atoms with E-state index in [1.807, 2.05) is 30.3 Å². The molecule has 8 heteroatoms. The standard InChI is InChI=1S/C20H20N2O5S/c1-2-26-18(23)13-12-17-22-19(14-8-4-3-5-9-14)20(27-17)15-10-6-7-11-16(15)28(21,24)25/h3-11H,2,12-13H2,1H3,(H2,21,24,25). The van der Waals surface area contributed by atoms with Crippen molar-refractivity contribution >= 4 is 16.0 Å². The number of rotatable bonds is 7. The van der Waals surface area contributed by atoms with Crippen LogP contribution in [0.25, 0.3) is 22.6 Å². The van der Waals surface area contributed by atoms with Crippen LogP contribution < -0.4 is 5.14 Å². The number of esters is 1. The van der Waals surface area contributed by atoms with Crippen LogP contribution in [0.4, 0.5) is 0 Å². The maximum Gasteiger partial charge on any atom is 0.306 e. The second-order valence-corrected chi connectivity index (χ2v) is 7.53. The summed E-state index contributed by atoms with van der Waals surface area (Å²) >= 11 is 0. The number of ether oxygens (including phenoxy) is 1. The van der Waals surface area contributed by atoms with Gasteiger partial charge in [0.15, 0.2) is 11.7 Å². The smallest absolute Gasteiger partial charge is 0.306 e. The number of sulfonamides is 1. The molecule has 2 aromatic carbocycles. The van der Waals surface area contributed by atoms with Gasteiger partial charge in [0.05, 0.1) is 17.9 Å². The highest BCUT2D eigenvalue weighted by molar-refractivity contribution is 7.89. The molecular formula is C20H20N2O5S. The first-order valence-corrected chi connectivity index (χ1v) is 10.3. The minimum Gasteiger partial charge on any atom is -0.466 e. The van der Waals surface area contributed by atoms with E-state index in [2.05, 4.69) is 4.98 Å². The zero-order valence-corrected chi connectivity index (χ0v) is 16.1. The monoisotopic (exact) mass is 400 g/mol. The number of carbonyl (C=O) groups excluding carboxylic acids is 1. The first kappa shape index (κ1) is 19.8. The number of benzene rings is 2. The van der Waals surface area contributed by atoms with Gasteiger partial charge in [-0.15, -0.1) is 0 Å². The van der Waals surface area contributed by atoms with Gasteiger partial charge in [-0.1, -0.05) is 42.5 Å². The zero-order valence-electron chi connectivity index (χ0n) is 15.3. The predicted molar refractivity (Wildman–Crippen MR) is 104 cm³/mol. The lowest BCUT2D eigenvalue weighted by atomic mass is 10.1. The van der Waals surface area contributed by atoms with Crippen LogP contribution >= 0.6 is 0 Å². The topological polar surface area (TPSA) is 112 Å². The van der Waals surface area contributed by atoms with Crippen LogP contribution in [0.2, 0.25) is 0 Å². The molecule has 0 atom stereocenters. The molecule has 7 nitrogen and oxygen atoms in total. The van der Waals surface area contributed by atoms with Gasteiger partial charge in [-0.05, 0) is 19.1 Å². The van der Waals surface area contributed by atoms with Crippen molar-refractivity contribution in [2.75, 3.05) is 6.61 Å². The lowest BCUT2D eigenvalue weighted by molar-refractivity contribution is -0.143. The summed E-state index contributed by atoms with van der Waals surface area (Å²) in [4.78, 5) is 16.1. The molecule has 28 heavy (non-hydrogen) atoms. The van der Waals surface area contributed by atoms with E-state index in [0.717, 1.165) is 5.56 Å². The maximum absolute atomic E-state index is 12.0. The summed E-state index contributed by atoms with van der Waals surface area (Å²) in [6.45, 7) is 2.03. The van der Waals surface area contributed by atoms with Crippen LogP contribution in [-0.2, 0) is 26.0 Å². The second kappa shape index (κ2) is 8.37. The number of nitrogens with zero attached hydrogens (tertiary/aromatic N) is 1. The average molecular weight is 400 g/mol. The van der Waals surface area contributed by atoms with E-state index in [9.17, 15) is 13.2 Å². The van der Waals surface area contributed by atoms with Crippen LogP contribution in [0.1, 0.15) is 19.2 Å². The number of hydrogen-bond acceptors (Lipinski definition) is 6. The fraction of sp³-hybridized carbons (Fsp3) is 0.200. The Labute approximate surface area is 163 Å². The Morgan fingerprint density at radius 3 is 2.46 bits per heavy atom. The molecular weight excluding hydrogens is 380 g/mol. The fourth-order valence-corrected chi connectivity index (χ4v) is 3.53.